The number of rotatable bonds is 7. The molecule has 0 atom stereocenters. The topological polar surface area (TPSA) is 96.6 Å². The second kappa shape index (κ2) is 10.0. The van der Waals surface area contributed by atoms with Crippen LogP contribution in [0, 0.1) is 0 Å². The van der Waals surface area contributed by atoms with Gasteiger partial charge in [0.25, 0.3) is 0 Å². The van der Waals surface area contributed by atoms with E-state index in [1.54, 1.807) is 12.1 Å². The number of guanidine groups is 1. The Morgan fingerprint density at radius 2 is 2.09 bits per heavy atom. The van der Waals surface area contributed by atoms with Crippen LogP contribution < -0.4 is 15.8 Å². The van der Waals surface area contributed by atoms with Crippen LogP contribution in [0.25, 0.3) is 0 Å². The summed E-state index contributed by atoms with van der Waals surface area (Å²) in [5.41, 5.74) is 6.50. The van der Waals surface area contributed by atoms with Gasteiger partial charge in [-0.1, -0.05) is 29.8 Å². The van der Waals surface area contributed by atoms with E-state index in [-0.39, 0.29) is 41.4 Å². The number of sulfonamides is 1. The maximum absolute atomic E-state index is 12.0. The van der Waals surface area contributed by atoms with Gasteiger partial charge in [-0.05, 0) is 25.1 Å². The number of hydrogen-bond acceptors (Lipinski definition) is 3. The standard InChI is InChI=1S/C13H19ClN4O2S.HI/c1-10(2)9-17-13(15)16-6-7-18-21(19,20)12-5-3-4-11(14)8-12;/h3-5,8,18H,1,6-7,9H2,2H3,(H3,15,16,17);1H. The van der Waals surface area contributed by atoms with E-state index in [0.29, 0.717) is 18.1 Å². The third-order valence-electron chi connectivity index (χ3n) is 2.35. The molecule has 0 bridgehead atoms. The molecule has 0 aliphatic heterocycles. The van der Waals surface area contributed by atoms with Crippen LogP contribution in [0.3, 0.4) is 0 Å². The molecule has 1 aromatic carbocycles. The van der Waals surface area contributed by atoms with Crippen molar-refractivity contribution in [3.8, 4) is 0 Å². The van der Waals surface area contributed by atoms with Crippen molar-refractivity contribution in [3.63, 3.8) is 0 Å². The number of halogens is 2. The first kappa shape index (κ1) is 21.2. The molecule has 0 heterocycles. The van der Waals surface area contributed by atoms with Crippen LogP contribution >= 0.6 is 35.6 Å². The zero-order valence-corrected chi connectivity index (χ0v) is 16.1. The van der Waals surface area contributed by atoms with Crippen molar-refractivity contribution in [2.45, 2.75) is 11.8 Å². The minimum Gasteiger partial charge on any atom is -0.370 e. The first-order valence-electron chi connectivity index (χ1n) is 6.24. The molecule has 0 unspecified atom stereocenters. The Morgan fingerprint density at radius 1 is 1.41 bits per heavy atom. The minimum absolute atomic E-state index is 0. The molecule has 0 radical (unpaired) electrons. The number of nitrogens with zero attached hydrogens (tertiary/aromatic N) is 1. The molecule has 0 amide bonds. The zero-order chi connectivity index (χ0) is 15.9. The molecule has 4 N–H and O–H groups in total. The predicted octanol–water partition coefficient (Wildman–Crippen LogP) is 1.72. The second-order valence-electron chi connectivity index (χ2n) is 4.44. The largest absolute Gasteiger partial charge is 0.370 e. The Hall–Kier alpha value is -0.840. The van der Waals surface area contributed by atoms with Crippen LogP contribution in [0.1, 0.15) is 6.92 Å². The monoisotopic (exact) mass is 458 g/mol. The molecule has 1 aromatic rings. The van der Waals surface area contributed by atoms with Crippen LogP contribution in [0.15, 0.2) is 46.3 Å². The van der Waals surface area contributed by atoms with Crippen molar-refractivity contribution in [3.05, 3.63) is 41.4 Å². The fourth-order valence-electron chi connectivity index (χ4n) is 1.37. The predicted molar refractivity (Wildman–Crippen MR) is 101 cm³/mol. The second-order valence-corrected chi connectivity index (χ2v) is 6.64. The van der Waals surface area contributed by atoms with E-state index in [1.807, 2.05) is 6.92 Å². The zero-order valence-electron chi connectivity index (χ0n) is 12.2. The van der Waals surface area contributed by atoms with Crippen LogP contribution in [0.2, 0.25) is 5.02 Å². The van der Waals surface area contributed by atoms with Gasteiger partial charge in [0.1, 0.15) is 0 Å². The summed E-state index contributed by atoms with van der Waals surface area (Å²) in [6.45, 7) is 6.49. The average molecular weight is 459 g/mol. The van der Waals surface area contributed by atoms with Crippen LogP contribution in [-0.4, -0.2) is 34.0 Å². The van der Waals surface area contributed by atoms with Gasteiger partial charge in [-0.2, -0.15) is 0 Å². The lowest BCUT2D eigenvalue weighted by Crippen LogP contribution is -2.38. The molecule has 0 spiro atoms. The molecule has 9 heteroatoms. The highest BCUT2D eigenvalue weighted by Crippen LogP contribution is 2.14. The summed E-state index contributed by atoms with van der Waals surface area (Å²) in [6.07, 6.45) is 0. The molecule has 0 fully saturated rings. The fraction of sp³-hybridized carbons (Fsp3) is 0.308. The Kier molecular flexibility index (Phi) is 9.65. The number of hydrogen-bond donors (Lipinski definition) is 3. The van der Waals surface area contributed by atoms with E-state index in [9.17, 15) is 8.42 Å². The SMILES string of the molecule is C=C(C)CN=C(N)NCCNS(=O)(=O)c1cccc(Cl)c1.I. The lowest BCUT2D eigenvalue weighted by atomic mass is 10.4. The fourth-order valence-corrected chi connectivity index (χ4v) is 2.70. The summed E-state index contributed by atoms with van der Waals surface area (Å²) in [5.74, 6) is 0.250. The Labute approximate surface area is 153 Å². The Morgan fingerprint density at radius 3 is 2.68 bits per heavy atom. The lowest BCUT2D eigenvalue weighted by molar-refractivity contribution is 0.581. The maximum atomic E-state index is 12.0. The van der Waals surface area contributed by atoms with E-state index < -0.39 is 10.0 Å². The van der Waals surface area contributed by atoms with E-state index in [2.05, 4.69) is 21.6 Å². The van der Waals surface area contributed by atoms with Crippen molar-refractivity contribution in [2.24, 2.45) is 10.7 Å². The number of nitrogens with one attached hydrogen (secondary N) is 2. The summed E-state index contributed by atoms with van der Waals surface area (Å²) >= 11 is 5.77. The Balaban J connectivity index is 0.00000441. The molecule has 0 saturated carbocycles. The van der Waals surface area contributed by atoms with Crippen molar-refractivity contribution in [1.29, 1.82) is 0 Å². The molecule has 0 saturated heterocycles. The van der Waals surface area contributed by atoms with Crippen LogP contribution in [0.5, 0.6) is 0 Å². The van der Waals surface area contributed by atoms with Crippen molar-refractivity contribution in [1.82, 2.24) is 10.0 Å². The van der Waals surface area contributed by atoms with Crippen LogP contribution in [-0.2, 0) is 10.0 Å². The number of benzene rings is 1. The third-order valence-corrected chi connectivity index (χ3v) is 4.04. The highest BCUT2D eigenvalue weighted by atomic mass is 127. The molecular weight excluding hydrogens is 439 g/mol. The molecule has 22 heavy (non-hydrogen) atoms. The summed E-state index contributed by atoms with van der Waals surface area (Å²) in [7, 11) is -3.58. The van der Waals surface area contributed by atoms with Gasteiger partial charge in [-0.3, -0.25) is 0 Å². The summed E-state index contributed by atoms with van der Waals surface area (Å²) in [6, 6.07) is 6.06. The molecular formula is C13H20ClIN4O2S. The van der Waals surface area contributed by atoms with Crippen LogP contribution in [0.4, 0.5) is 0 Å². The van der Waals surface area contributed by atoms with Gasteiger partial charge in [0.15, 0.2) is 5.96 Å². The normalized spacial score (nSPS) is 11.6. The first-order valence-corrected chi connectivity index (χ1v) is 8.11. The molecule has 124 valence electrons. The van der Waals surface area contributed by atoms with Gasteiger partial charge in [0, 0.05) is 18.1 Å². The smallest absolute Gasteiger partial charge is 0.240 e. The molecule has 0 aromatic heterocycles. The highest BCUT2D eigenvalue weighted by molar-refractivity contribution is 14.0. The lowest BCUT2D eigenvalue weighted by Gasteiger charge is -2.08. The quantitative estimate of drug-likeness (QED) is 0.191. The van der Waals surface area contributed by atoms with Gasteiger partial charge in [0.2, 0.25) is 10.0 Å². The maximum Gasteiger partial charge on any atom is 0.240 e. The summed E-state index contributed by atoms with van der Waals surface area (Å²) < 4.78 is 26.4. The number of nitrogens with two attached hydrogens (primary N) is 1. The van der Waals surface area contributed by atoms with Gasteiger partial charge in [-0.25, -0.2) is 18.1 Å². The minimum atomic E-state index is -3.58. The van der Waals surface area contributed by atoms with Crippen molar-refractivity contribution >= 4 is 51.6 Å². The van der Waals surface area contributed by atoms with Gasteiger partial charge in [-0.15, -0.1) is 24.0 Å². The van der Waals surface area contributed by atoms with Gasteiger partial charge >= 0.3 is 0 Å². The Bertz CT molecular complexity index is 635. The molecule has 1 rings (SSSR count). The molecule has 0 aliphatic carbocycles. The first-order chi connectivity index (χ1) is 9.81. The van der Waals surface area contributed by atoms with E-state index >= 15 is 0 Å². The van der Waals surface area contributed by atoms with E-state index in [1.165, 1.54) is 12.1 Å². The molecule has 0 aliphatic rings. The van der Waals surface area contributed by atoms with Gasteiger partial charge < -0.3 is 11.1 Å². The van der Waals surface area contributed by atoms with E-state index in [0.717, 1.165) is 5.57 Å². The number of aliphatic imine (C=N–C) groups is 1. The molecule has 6 nitrogen and oxygen atoms in total. The summed E-state index contributed by atoms with van der Waals surface area (Å²) in [5, 5.41) is 3.17. The van der Waals surface area contributed by atoms with E-state index in [4.69, 9.17) is 17.3 Å². The average Bonchev–Trinajstić information content (AvgIpc) is 2.41. The van der Waals surface area contributed by atoms with Gasteiger partial charge in [0.05, 0.1) is 11.4 Å². The highest BCUT2D eigenvalue weighted by Gasteiger charge is 2.13. The third kappa shape index (κ3) is 7.97. The summed E-state index contributed by atoms with van der Waals surface area (Å²) in [4.78, 5) is 4.14. The van der Waals surface area contributed by atoms with Crippen molar-refractivity contribution in [2.75, 3.05) is 19.6 Å². The van der Waals surface area contributed by atoms with Crippen molar-refractivity contribution < 1.29 is 8.42 Å².